The Morgan fingerprint density at radius 1 is 1.65 bits per heavy atom. The Kier molecular flexibility index (Phi) is 3.10. The summed E-state index contributed by atoms with van der Waals surface area (Å²) in [6.07, 6.45) is 1.49. The van der Waals surface area contributed by atoms with Crippen molar-refractivity contribution in [2.45, 2.75) is 25.2 Å². The average Bonchev–Trinajstić information content (AvgIpc) is 2.77. The van der Waals surface area contributed by atoms with Crippen LogP contribution < -0.4 is 11.4 Å². The minimum atomic E-state index is -0.616. The molecule has 0 unspecified atom stereocenters. The molecular formula is C10H13N3O4. The third-order valence-electron chi connectivity index (χ3n) is 2.62. The number of methoxy groups -OCH3 is 1. The Bertz CT molecular complexity index is 485. The SMILES string of the molecule is COC(=O)[C@@H]1CC[C@H](n2ccc(N)nc2=O)O1. The quantitative estimate of drug-likeness (QED) is 0.710. The average molecular weight is 239 g/mol. The summed E-state index contributed by atoms with van der Waals surface area (Å²) < 4.78 is 11.3. The van der Waals surface area contributed by atoms with Gasteiger partial charge in [0.05, 0.1) is 7.11 Å². The van der Waals surface area contributed by atoms with E-state index < -0.39 is 24.0 Å². The number of hydrogen-bond acceptors (Lipinski definition) is 6. The summed E-state index contributed by atoms with van der Waals surface area (Å²) in [5.74, 6) is -0.266. The third kappa shape index (κ3) is 2.28. The van der Waals surface area contributed by atoms with Gasteiger partial charge in [-0.15, -0.1) is 0 Å². The molecule has 0 aliphatic carbocycles. The number of nitrogen functional groups attached to an aromatic ring is 1. The second kappa shape index (κ2) is 4.54. The fraction of sp³-hybridized carbons (Fsp3) is 0.500. The van der Waals surface area contributed by atoms with E-state index in [1.165, 1.54) is 23.9 Å². The topological polar surface area (TPSA) is 96.4 Å². The molecule has 1 fully saturated rings. The van der Waals surface area contributed by atoms with Crippen LogP contribution in [0.5, 0.6) is 0 Å². The molecular weight excluding hydrogens is 226 g/mol. The Labute approximate surface area is 97.2 Å². The van der Waals surface area contributed by atoms with Crippen LogP contribution in [-0.4, -0.2) is 28.7 Å². The fourth-order valence-corrected chi connectivity index (χ4v) is 1.77. The number of carbonyl (C=O) groups excluding carboxylic acids is 1. The van der Waals surface area contributed by atoms with Crippen LogP contribution in [0.2, 0.25) is 0 Å². The number of nitrogens with two attached hydrogens (primary N) is 1. The van der Waals surface area contributed by atoms with Crippen LogP contribution in [0.15, 0.2) is 17.1 Å². The summed E-state index contributed by atoms with van der Waals surface area (Å²) in [7, 11) is 1.30. The van der Waals surface area contributed by atoms with Gasteiger partial charge in [0, 0.05) is 6.20 Å². The van der Waals surface area contributed by atoms with Gasteiger partial charge >= 0.3 is 11.7 Å². The standard InChI is InChI=1S/C10H13N3O4/c1-16-9(14)6-2-3-8(17-6)13-5-4-7(11)12-10(13)15/h4-6,8H,2-3H2,1H3,(H2,11,12,15)/t6-,8+/m0/s1. The normalized spacial score (nSPS) is 23.6. The van der Waals surface area contributed by atoms with E-state index in [4.69, 9.17) is 10.5 Å². The first-order chi connectivity index (χ1) is 8.11. The van der Waals surface area contributed by atoms with Crippen molar-refractivity contribution >= 4 is 11.8 Å². The maximum absolute atomic E-state index is 11.5. The third-order valence-corrected chi connectivity index (χ3v) is 2.62. The first-order valence-electron chi connectivity index (χ1n) is 5.20. The predicted octanol–water partition coefficient (Wildman–Crippen LogP) is -0.324. The molecule has 0 saturated carbocycles. The predicted molar refractivity (Wildman–Crippen MR) is 58.1 cm³/mol. The zero-order chi connectivity index (χ0) is 12.4. The van der Waals surface area contributed by atoms with E-state index in [1.807, 2.05) is 0 Å². The molecule has 1 aromatic heterocycles. The van der Waals surface area contributed by atoms with E-state index in [0.29, 0.717) is 12.8 Å². The zero-order valence-electron chi connectivity index (χ0n) is 9.33. The number of carbonyl (C=O) groups is 1. The van der Waals surface area contributed by atoms with E-state index in [9.17, 15) is 9.59 Å². The monoisotopic (exact) mass is 239 g/mol. The van der Waals surface area contributed by atoms with Crippen molar-refractivity contribution in [3.05, 3.63) is 22.7 Å². The zero-order valence-corrected chi connectivity index (χ0v) is 9.33. The molecule has 0 spiro atoms. The maximum Gasteiger partial charge on any atom is 0.351 e. The molecule has 0 aromatic carbocycles. The summed E-state index contributed by atoms with van der Waals surface area (Å²) in [6, 6.07) is 1.51. The Morgan fingerprint density at radius 3 is 3.06 bits per heavy atom. The van der Waals surface area contributed by atoms with Gasteiger partial charge in [-0.3, -0.25) is 4.57 Å². The molecule has 7 nitrogen and oxygen atoms in total. The minimum absolute atomic E-state index is 0.161. The fourth-order valence-electron chi connectivity index (χ4n) is 1.77. The molecule has 0 radical (unpaired) electrons. The number of rotatable bonds is 2. The summed E-state index contributed by atoms with van der Waals surface area (Å²) >= 11 is 0. The van der Waals surface area contributed by atoms with Crippen LogP contribution in [0, 0.1) is 0 Å². The molecule has 1 aliphatic heterocycles. The van der Waals surface area contributed by atoms with Crippen molar-refractivity contribution in [2.24, 2.45) is 0 Å². The number of ether oxygens (including phenoxy) is 2. The number of hydrogen-bond donors (Lipinski definition) is 1. The van der Waals surface area contributed by atoms with Crippen molar-refractivity contribution in [3.8, 4) is 0 Å². The van der Waals surface area contributed by atoms with Gasteiger partial charge in [-0.1, -0.05) is 0 Å². The molecule has 0 bridgehead atoms. The molecule has 1 aromatic rings. The van der Waals surface area contributed by atoms with Gasteiger partial charge in [-0.05, 0) is 18.9 Å². The molecule has 2 atom stereocenters. The highest BCUT2D eigenvalue weighted by Gasteiger charge is 2.32. The Hall–Kier alpha value is -1.89. The second-order valence-corrected chi connectivity index (χ2v) is 3.72. The van der Waals surface area contributed by atoms with Crippen molar-refractivity contribution in [1.82, 2.24) is 9.55 Å². The van der Waals surface area contributed by atoms with Crippen LogP contribution >= 0.6 is 0 Å². The van der Waals surface area contributed by atoms with Crippen LogP contribution in [0.3, 0.4) is 0 Å². The molecule has 2 rings (SSSR count). The van der Waals surface area contributed by atoms with Crippen molar-refractivity contribution in [2.75, 3.05) is 12.8 Å². The minimum Gasteiger partial charge on any atom is -0.467 e. The van der Waals surface area contributed by atoms with Crippen LogP contribution in [-0.2, 0) is 14.3 Å². The van der Waals surface area contributed by atoms with Gasteiger partial charge in [0.1, 0.15) is 12.0 Å². The molecule has 2 N–H and O–H groups in total. The van der Waals surface area contributed by atoms with Gasteiger partial charge in [0.15, 0.2) is 6.10 Å². The van der Waals surface area contributed by atoms with Gasteiger partial charge in [-0.25, -0.2) is 9.59 Å². The van der Waals surface area contributed by atoms with Gasteiger partial charge in [0.2, 0.25) is 0 Å². The maximum atomic E-state index is 11.5. The lowest BCUT2D eigenvalue weighted by Crippen LogP contribution is -2.28. The Balaban J connectivity index is 2.15. The van der Waals surface area contributed by atoms with Gasteiger partial charge in [-0.2, -0.15) is 4.98 Å². The number of esters is 1. The summed E-state index contributed by atoms with van der Waals surface area (Å²) in [5.41, 5.74) is 4.90. The van der Waals surface area contributed by atoms with Gasteiger partial charge in [0.25, 0.3) is 0 Å². The highest BCUT2D eigenvalue weighted by atomic mass is 16.6. The van der Waals surface area contributed by atoms with Crippen LogP contribution in [0.1, 0.15) is 19.1 Å². The molecule has 17 heavy (non-hydrogen) atoms. The summed E-state index contributed by atoms with van der Waals surface area (Å²) in [6.45, 7) is 0. The lowest BCUT2D eigenvalue weighted by molar-refractivity contribution is -0.155. The lowest BCUT2D eigenvalue weighted by atomic mass is 10.2. The number of anilines is 1. The smallest absolute Gasteiger partial charge is 0.351 e. The summed E-state index contributed by atoms with van der Waals surface area (Å²) in [4.78, 5) is 26.4. The molecule has 1 saturated heterocycles. The molecule has 0 amide bonds. The Morgan fingerprint density at radius 2 is 2.41 bits per heavy atom. The summed E-state index contributed by atoms with van der Waals surface area (Å²) in [5, 5.41) is 0. The van der Waals surface area contributed by atoms with Crippen molar-refractivity contribution < 1.29 is 14.3 Å². The first-order valence-corrected chi connectivity index (χ1v) is 5.20. The molecule has 2 heterocycles. The molecule has 1 aliphatic rings. The van der Waals surface area contributed by atoms with E-state index in [0.717, 1.165) is 0 Å². The van der Waals surface area contributed by atoms with E-state index in [-0.39, 0.29) is 5.82 Å². The highest BCUT2D eigenvalue weighted by Crippen LogP contribution is 2.27. The van der Waals surface area contributed by atoms with E-state index >= 15 is 0 Å². The molecule has 92 valence electrons. The molecule has 7 heteroatoms. The van der Waals surface area contributed by atoms with Crippen molar-refractivity contribution in [3.63, 3.8) is 0 Å². The van der Waals surface area contributed by atoms with Crippen LogP contribution in [0.25, 0.3) is 0 Å². The first kappa shape index (κ1) is 11.6. The van der Waals surface area contributed by atoms with Crippen LogP contribution in [0.4, 0.5) is 5.82 Å². The van der Waals surface area contributed by atoms with Gasteiger partial charge < -0.3 is 15.2 Å². The largest absolute Gasteiger partial charge is 0.467 e. The van der Waals surface area contributed by atoms with E-state index in [2.05, 4.69) is 9.72 Å². The lowest BCUT2D eigenvalue weighted by Gasteiger charge is -2.14. The second-order valence-electron chi connectivity index (χ2n) is 3.72. The van der Waals surface area contributed by atoms with Crippen molar-refractivity contribution in [1.29, 1.82) is 0 Å². The number of nitrogens with zero attached hydrogens (tertiary/aromatic N) is 2. The number of aromatic nitrogens is 2. The van der Waals surface area contributed by atoms with E-state index in [1.54, 1.807) is 0 Å². The highest BCUT2D eigenvalue weighted by molar-refractivity contribution is 5.74.